The van der Waals surface area contributed by atoms with Crippen molar-refractivity contribution in [2.75, 3.05) is 5.75 Å². The Kier molecular flexibility index (Phi) is 4.43. The third-order valence-corrected chi connectivity index (χ3v) is 4.42. The van der Waals surface area contributed by atoms with Crippen molar-refractivity contribution in [3.63, 3.8) is 0 Å². The molecule has 6 nitrogen and oxygen atoms in total. The number of nitrogens with zero attached hydrogens (tertiary/aromatic N) is 2. The SMILES string of the molecule is C[C@@H](SCC(=O)NCc1ncc[nH]1)c1nc2ccccc2[nH]1. The molecule has 0 saturated carbocycles. The number of imidazole rings is 2. The van der Waals surface area contributed by atoms with E-state index in [1.54, 1.807) is 24.2 Å². The summed E-state index contributed by atoms with van der Waals surface area (Å²) in [4.78, 5) is 26.7. The van der Waals surface area contributed by atoms with Gasteiger partial charge in [-0.15, -0.1) is 11.8 Å². The zero-order valence-electron chi connectivity index (χ0n) is 12.2. The summed E-state index contributed by atoms with van der Waals surface area (Å²) in [5, 5.41) is 2.96. The fourth-order valence-corrected chi connectivity index (χ4v) is 2.85. The Bertz CT molecular complexity index is 719. The highest BCUT2D eigenvalue weighted by molar-refractivity contribution is 8.00. The Balaban J connectivity index is 1.51. The van der Waals surface area contributed by atoms with Crippen molar-refractivity contribution in [3.05, 3.63) is 48.3 Å². The van der Waals surface area contributed by atoms with Gasteiger partial charge >= 0.3 is 0 Å². The molecule has 0 spiro atoms. The van der Waals surface area contributed by atoms with Crippen LogP contribution in [0.2, 0.25) is 0 Å². The van der Waals surface area contributed by atoms with Gasteiger partial charge in [0, 0.05) is 12.4 Å². The number of amides is 1. The van der Waals surface area contributed by atoms with E-state index in [1.807, 2.05) is 31.2 Å². The number of aromatic nitrogens is 4. The van der Waals surface area contributed by atoms with E-state index >= 15 is 0 Å². The van der Waals surface area contributed by atoms with Crippen molar-refractivity contribution < 1.29 is 4.79 Å². The number of hydrogen-bond donors (Lipinski definition) is 3. The van der Waals surface area contributed by atoms with Crippen LogP contribution in [-0.2, 0) is 11.3 Å². The van der Waals surface area contributed by atoms with Crippen LogP contribution >= 0.6 is 11.8 Å². The van der Waals surface area contributed by atoms with Crippen LogP contribution < -0.4 is 5.32 Å². The van der Waals surface area contributed by atoms with Gasteiger partial charge in [0.2, 0.25) is 5.91 Å². The summed E-state index contributed by atoms with van der Waals surface area (Å²) in [6.45, 7) is 2.47. The molecule has 1 aromatic carbocycles. The van der Waals surface area contributed by atoms with Gasteiger partial charge in [0.05, 0.1) is 28.6 Å². The number of rotatable bonds is 6. The van der Waals surface area contributed by atoms with Crippen molar-refractivity contribution in [1.82, 2.24) is 25.3 Å². The number of H-pyrrole nitrogens is 2. The standard InChI is InChI=1S/C15H17N5OS/c1-10(15-19-11-4-2-3-5-12(11)20-15)22-9-14(21)18-8-13-16-6-7-17-13/h2-7,10H,8-9H2,1H3,(H,16,17)(H,18,21)(H,19,20)/t10-/m1/s1. The second kappa shape index (κ2) is 6.65. The van der Waals surface area contributed by atoms with E-state index in [1.165, 1.54) is 0 Å². The minimum Gasteiger partial charge on any atom is -0.348 e. The van der Waals surface area contributed by atoms with E-state index in [9.17, 15) is 4.79 Å². The molecule has 3 N–H and O–H groups in total. The third-order valence-electron chi connectivity index (χ3n) is 3.27. The highest BCUT2D eigenvalue weighted by Gasteiger charge is 2.13. The monoisotopic (exact) mass is 315 g/mol. The number of hydrogen-bond acceptors (Lipinski definition) is 4. The molecule has 2 aromatic heterocycles. The maximum atomic E-state index is 11.8. The fraction of sp³-hybridized carbons (Fsp3) is 0.267. The molecule has 0 aliphatic heterocycles. The van der Waals surface area contributed by atoms with Crippen LogP contribution in [0.15, 0.2) is 36.7 Å². The van der Waals surface area contributed by atoms with Crippen molar-refractivity contribution in [1.29, 1.82) is 0 Å². The fourth-order valence-electron chi connectivity index (χ4n) is 2.07. The van der Waals surface area contributed by atoms with E-state index in [2.05, 4.69) is 25.3 Å². The predicted molar refractivity (Wildman–Crippen MR) is 87.4 cm³/mol. The maximum absolute atomic E-state index is 11.8. The van der Waals surface area contributed by atoms with Gasteiger partial charge in [-0.05, 0) is 19.1 Å². The van der Waals surface area contributed by atoms with Gasteiger partial charge in [-0.3, -0.25) is 4.79 Å². The van der Waals surface area contributed by atoms with Crippen LogP contribution in [0, 0.1) is 0 Å². The lowest BCUT2D eigenvalue weighted by atomic mass is 10.3. The average molecular weight is 315 g/mol. The normalized spacial score (nSPS) is 12.4. The van der Waals surface area contributed by atoms with Crippen molar-refractivity contribution in [2.24, 2.45) is 0 Å². The first-order valence-corrected chi connectivity index (χ1v) is 8.08. The molecule has 2 heterocycles. The Hall–Kier alpha value is -2.28. The lowest BCUT2D eigenvalue weighted by Crippen LogP contribution is -2.25. The Morgan fingerprint density at radius 3 is 3.05 bits per heavy atom. The molecule has 0 fully saturated rings. The van der Waals surface area contributed by atoms with Gasteiger partial charge < -0.3 is 15.3 Å². The van der Waals surface area contributed by atoms with Gasteiger partial charge in [-0.25, -0.2) is 9.97 Å². The second-order valence-electron chi connectivity index (χ2n) is 4.91. The molecule has 0 saturated heterocycles. The molecular formula is C15H17N5OS. The lowest BCUT2D eigenvalue weighted by Gasteiger charge is -2.08. The molecule has 0 bridgehead atoms. The van der Waals surface area contributed by atoms with Crippen LogP contribution in [-0.4, -0.2) is 31.6 Å². The number of aromatic amines is 2. The van der Waals surface area contributed by atoms with Gasteiger partial charge in [0.1, 0.15) is 11.6 Å². The molecule has 0 aliphatic carbocycles. The number of benzene rings is 1. The van der Waals surface area contributed by atoms with Crippen LogP contribution in [0.5, 0.6) is 0 Å². The number of para-hydroxylation sites is 2. The smallest absolute Gasteiger partial charge is 0.230 e. The zero-order chi connectivity index (χ0) is 15.4. The third kappa shape index (κ3) is 3.48. The van der Waals surface area contributed by atoms with Gasteiger partial charge in [-0.2, -0.15) is 0 Å². The van der Waals surface area contributed by atoms with E-state index in [4.69, 9.17) is 0 Å². The molecule has 0 aliphatic rings. The van der Waals surface area contributed by atoms with E-state index < -0.39 is 0 Å². The molecule has 114 valence electrons. The first kappa shape index (κ1) is 14.6. The summed E-state index contributed by atoms with van der Waals surface area (Å²) in [7, 11) is 0. The minimum atomic E-state index is -0.00985. The van der Waals surface area contributed by atoms with Crippen molar-refractivity contribution in [3.8, 4) is 0 Å². The van der Waals surface area contributed by atoms with Gasteiger partial charge in [-0.1, -0.05) is 12.1 Å². The first-order chi connectivity index (χ1) is 10.7. The number of thioether (sulfide) groups is 1. The summed E-state index contributed by atoms with van der Waals surface area (Å²) < 4.78 is 0. The Labute approximate surface area is 132 Å². The molecule has 3 aromatic rings. The second-order valence-corrected chi connectivity index (χ2v) is 6.23. The number of fused-ring (bicyclic) bond motifs is 1. The van der Waals surface area contributed by atoms with Crippen LogP contribution in [0.25, 0.3) is 11.0 Å². The molecule has 22 heavy (non-hydrogen) atoms. The number of nitrogens with one attached hydrogen (secondary N) is 3. The highest BCUT2D eigenvalue weighted by Crippen LogP contribution is 2.27. The Morgan fingerprint density at radius 1 is 1.41 bits per heavy atom. The Morgan fingerprint density at radius 2 is 2.27 bits per heavy atom. The maximum Gasteiger partial charge on any atom is 0.230 e. The summed E-state index contributed by atoms with van der Waals surface area (Å²) in [5.74, 6) is 2.02. The van der Waals surface area contributed by atoms with Crippen molar-refractivity contribution >= 4 is 28.7 Å². The highest BCUT2D eigenvalue weighted by atomic mass is 32.2. The van der Waals surface area contributed by atoms with Crippen LogP contribution in [0.4, 0.5) is 0 Å². The molecule has 0 unspecified atom stereocenters. The molecule has 7 heteroatoms. The van der Waals surface area contributed by atoms with E-state index in [0.717, 1.165) is 22.7 Å². The molecule has 3 rings (SSSR count). The quantitative estimate of drug-likeness (QED) is 0.652. The first-order valence-electron chi connectivity index (χ1n) is 7.03. The van der Waals surface area contributed by atoms with Gasteiger partial charge in [0.15, 0.2) is 0 Å². The number of carbonyl (C=O) groups is 1. The topological polar surface area (TPSA) is 86.5 Å². The summed E-state index contributed by atoms with van der Waals surface area (Å²) in [5.41, 5.74) is 1.97. The summed E-state index contributed by atoms with van der Waals surface area (Å²) in [6.07, 6.45) is 3.40. The average Bonchev–Trinajstić information content (AvgIpc) is 3.19. The minimum absolute atomic E-state index is 0.00985. The largest absolute Gasteiger partial charge is 0.348 e. The lowest BCUT2D eigenvalue weighted by molar-refractivity contribution is -0.118. The van der Waals surface area contributed by atoms with E-state index in [0.29, 0.717) is 12.3 Å². The predicted octanol–water partition coefficient (Wildman–Crippen LogP) is 2.40. The van der Waals surface area contributed by atoms with Gasteiger partial charge in [0.25, 0.3) is 0 Å². The summed E-state index contributed by atoms with van der Waals surface area (Å²) >= 11 is 1.55. The van der Waals surface area contributed by atoms with Crippen LogP contribution in [0.1, 0.15) is 23.8 Å². The van der Waals surface area contributed by atoms with Crippen LogP contribution in [0.3, 0.4) is 0 Å². The molecule has 0 radical (unpaired) electrons. The van der Waals surface area contributed by atoms with E-state index in [-0.39, 0.29) is 11.2 Å². The summed E-state index contributed by atoms with van der Waals surface area (Å²) in [6, 6.07) is 7.92. The number of carbonyl (C=O) groups excluding carboxylic acids is 1. The zero-order valence-corrected chi connectivity index (χ0v) is 13.0. The van der Waals surface area contributed by atoms with Crippen molar-refractivity contribution in [2.45, 2.75) is 18.7 Å². The molecular weight excluding hydrogens is 298 g/mol. The molecule has 1 amide bonds. The molecule has 1 atom stereocenters.